The SMILES string of the molecule is CC1CN(CC(=O)N(c2ccc(Nc3ccccc3)cc2)C(C)C)CC(C)O1. The van der Waals surface area contributed by atoms with Gasteiger partial charge in [0, 0.05) is 36.2 Å². The lowest BCUT2D eigenvalue weighted by Gasteiger charge is -2.36. The predicted octanol–water partition coefficient (Wildman–Crippen LogP) is 4.28. The summed E-state index contributed by atoms with van der Waals surface area (Å²) in [6.07, 6.45) is 0.319. The van der Waals surface area contributed by atoms with Gasteiger partial charge in [-0.25, -0.2) is 0 Å². The summed E-state index contributed by atoms with van der Waals surface area (Å²) in [6, 6.07) is 18.2. The number of amides is 1. The Hall–Kier alpha value is -2.37. The first-order chi connectivity index (χ1) is 13.4. The van der Waals surface area contributed by atoms with E-state index in [1.807, 2.05) is 59.5 Å². The molecule has 0 spiro atoms. The molecule has 2 atom stereocenters. The Morgan fingerprint density at radius 2 is 1.61 bits per heavy atom. The third-order valence-corrected chi connectivity index (χ3v) is 4.85. The number of ether oxygens (including phenoxy) is 1. The monoisotopic (exact) mass is 381 g/mol. The van der Waals surface area contributed by atoms with Gasteiger partial charge >= 0.3 is 0 Å². The second kappa shape index (κ2) is 9.22. The Balaban J connectivity index is 1.68. The molecule has 2 aromatic carbocycles. The molecular weight excluding hydrogens is 350 g/mol. The Morgan fingerprint density at radius 1 is 1.04 bits per heavy atom. The highest BCUT2D eigenvalue weighted by molar-refractivity contribution is 5.95. The zero-order chi connectivity index (χ0) is 20.1. The molecule has 0 aromatic heterocycles. The number of hydrogen-bond acceptors (Lipinski definition) is 4. The van der Waals surface area contributed by atoms with Crippen molar-refractivity contribution in [2.75, 3.05) is 29.9 Å². The average Bonchev–Trinajstić information content (AvgIpc) is 2.63. The summed E-state index contributed by atoms with van der Waals surface area (Å²) in [5.41, 5.74) is 2.97. The van der Waals surface area contributed by atoms with Crippen LogP contribution in [0.4, 0.5) is 17.1 Å². The number of nitrogens with zero attached hydrogens (tertiary/aromatic N) is 2. The minimum Gasteiger partial charge on any atom is -0.373 e. The normalized spacial score (nSPS) is 20.2. The molecule has 0 bridgehead atoms. The zero-order valence-electron chi connectivity index (χ0n) is 17.3. The molecule has 0 aliphatic carbocycles. The van der Waals surface area contributed by atoms with E-state index < -0.39 is 0 Å². The van der Waals surface area contributed by atoms with Crippen LogP contribution in [-0.4, -0.2) is 48.7 Å². The molecule has 3 rings (SSSR count). The lowest BCUT2D eigenvalue weighted by atomic mass is 10.2. The molecule has 1 fully saturated rings. The standard InChI is InChI=1S/C23H31N3O2/c1-17(2)26(23(27)16-25-14-18(3)28-19(4)15-25)22-12-10-21(11-13-22)24-20-8-6-5-7-9-20/h5-13,17-19,24H,14-16H2,1-4H3. The smallest absolute Gasteiger partial charge is 0.241 e. The van der Waals surface area contributed by atoms with Gasteiger partial charge in [0.25, 0.3) is 0 Å². The van der Waals surface area contributed by atoms with Crippen molar-refractivity contribution in [1.82, 2.24) is 4.90 Å². The maximum Gasteiger partial charge on any atom is 0.241 e. The molecule has 5 heteroatoms. The first-order valence-electron chi connectivity index (χ1n) is 10.0. The van der Waals surface area contributed by atoms with Gasteiger partial charge in [0.05, 0.1) is 18.8 Å². The van der Waals surface area contributed by atoms with E-state index in [0.29, 0.717) is 6.54 Å². The van der Waals surface area contributed by atoms with Crippen LogP contribution in [0.25, 0.3) is 0 Å². The van der Waals surface area contributed by atoms with E-state index in [-0.39, 0.29) is 24.2 Å². The van der Waals surface area contributed by atoms with Crippen LogP contribution in [0.1, 0.15) is 27.7 Å². The number of rotatable bonds is 6. The molecule has 1 aliphatic heterocycles. The lowest BCUT2D eigenvalue weighted by Crippen LogP contribution is -2.51. The number of hydrogen-bond donors (Lipinski definition) is 1. The minimum absolute atomic E-state index is 0.0938. The van der Waals surface area contributed by atoms with E-state index in [0.717, 1.165) is 30.2 Å². The quantitative estimate of drug-likeness (QED) is 0.811. The first-order valence-corrected chi connectivity index (χ1v) is 10.0. The molecular formula is C23H31N3O2. The largest absolute Gasteiger partial charge is 0.373 e. The van der Waals surface area contributed by atoms with E-state index in [2.05, 4.69) is 37.9 Å². The average molecular weight is 382 g/mol. The summed E-state index contributed by atoms with van der Waals surface area (Å²) in [6.45, 7) is 10.2. The highest BCUT2D eigenvalue weighted by Crippen LogP contribution is 2.23. The molecule has 150 valence electrons. The van der Waals surface area contributed by atoms with Gasteiger partial charge in [-0.3, -0.25) is 9.69 Å². The summed E-state index contributed by atoms with van der Waals surface area (Å²) in [7, 11) is 0. The van der Waals surface area contributed by atoms with Crippen molar-refractivity contribution < 1.29 is 9.53 Å². The Bertz CT molecular complexity index is 751. The summed E-state index contributed by atoms with van der Waals surface area (Å²) in [5.74, 6) is 0.125. The Morgan fingerprint density at radius 3 is 2.18 bits per heavy atom. The first kappa shape index (κ1) is 20.4. The second-order valence-corrected chi connectivity index (χ2v) is 7.85. The van der Waals surface area contributed by atoms with Crippen molar-refractivity contribution in [3.05, 3.63) is 54.6 Å². The highest BCUT2D eigenvalue weighted by atomic mass is 16.5. The summed E-state index contributed by atoms with van der Waals surface area (Å²) >= 11 is 0. The predicted molar refractivity (Wildman–Crippen MR) is 115 cm³/mol. The number of carbonyl (C=O) groups excluding carboxylic acids is 1. The van der Waals surface area contributed by atoms with Gasteiger partial charge in [0.15, 0.2) is 0 Å². The van der Waals surface area contributed by atoms with Gasteiger partial charge in [0.1, 0.15) is 0 Å². The number of carbonyl (C=O) groups is 1. The van der Waals surface area contributed by atoms with Gasteiger partial charge < -0.3 is 15.0 Å². The Kier molecular flexibility index (Phi) is 6.70. The van der Waals surface area contributed by atoms with Gasteiger partial charge in [-0.1, -0.05) is 18.2 Å². The lowest BCUT2D eigenvalue weighted by molar-refractivity contribution is -0.123. The van der Waals surface area contributed by atoms with Crippen molar-refractivity contribution in [2.24, 2.45) is 0 Å². The highest BCUT2D eigenvalue weighted by Gasteiger charge is 2.27. The van der Waals surface area contributed by atoms with E-state index >= 15 is 0 Å². The van der Waals surface area contributed by atoms with Gasteiger partial charge in [-0.2, -0.15) is 0 Å². The van der Waals surface area contributed by atoms with E-state index in [1.165, 1.54) is 0 Å². The topological polar surface area (TPSA) is 44.8 Å². The van der Waals surface area contributed by atoms with E-state index in [4.69, 9.17) is 4.74 Å². The molecule has 1 amide bonds. The van der Waals surface area contributed by atoms with Crippen LogP contribution in [0.5, 0.6) is 0 Å². The molecule has 28 heavy (non-hydrogen) atoms. The molecule has 0 saturated carbocycles. The van der Waals surface area contributed by atoms with Gasteiger partial charge in [0.2, 0.25) is 5.91 Å². The molecule has 1 saturated heterocycles. The van der Waals surface area contributed by atoms with Crippen LogP contribution in [0.2, 0.25) is 0 Å². The molecule has 1 heterocycles. The van der Waals surface area contributed by atoms with Gasteiger partial charge in [-0.05, 0) is 64.1 Å². The van der Waals surface area contributed by atoms with Crippen molar-refractivity contribution >= 4 is 23.0 Å². The number of benzene rings is 2. The summed E-state index contributed by atoms with van der Waals surface area (Å²) in [4.78, 5) is 17.2. The van der Waals surface area contributed by atoms with Gasteiger partial charge in [-0.15, -0.1) is 0 Å². The van der Waals surface area contributed by atoms with Crippen LogP contribution in [0, 0.1) is 0 Å². The fourth-order valence-electron chi connectivity index (χ4n) is 3.80. The fraction of sp³-hybridized carbons (Fsp3) is 0.435. The maximum absolute atomic E-state index is 13.1. The van der Waals surface area contributed by atoms with Crippen LogP contribution in [0.15, 0.2) is 54.6 Å². The van der Waals surface area contributed by atoms with Crippen molar-refractivity contribution in [2.45, 2.75) is 45.9 Å². The fourth-order valence-corrected chi connectivity index (χ4v) is 3.80. The number of morpholine rings is 1. The van der Waals surface area contributed by atoms with Crippen molar-refractivity contribution in [3.63, 3.8) is 0 Å². The zero-order valence-corrected chi connectivity index (χ0v) is 17.3. The van der Waals surface area contributed by atoms with Crippen LogP contribution in [0.3, 0.4) is 0 Å². The number of nitrogens with one attached hydrogen (secondary N) is 1. The van der Waals surface area contributed by atoms with Crippen LogP contribution in [-0.2, 0) is 9.53 Å². The third-order valence-electron chi connectivity index (χ3n) is 4.85. The van der Waals surface area contributed by atoms with E-state index in [9.17, 15) is 4.79 Å². The summed E-state index contributed by atoms with van der Waals surface area (Å²) < 4.78 is 5.78. The van der Waals surface area contributed by atoms with Crippen LogP contribution < -0.4 is 10.2 Å². The second-order valence-electron chi connectivity index (χ2n) is 7.85. The van der Waals surface area contributed by atoms with Crippen molar-refractivity contribution in [3.8, 4) is 0 Å². The minimum atomic E-state index is 0.0938. The number of anilines is 3. The number of para-hydroxylation sites is 1. The Labute approximate surface area is 168 Å². The molecule has 2 unspecified atom stereocenters. The van der Waals surface area contributed by atoms with Crippen molar-refractivity contribution in [1.29, 1.82) is 0 Å². The molecule has 2 aromatic rings. The van der Waals surface area contributed by atoms with E-state index in [1.54, 1.807) is 0 Å². The van der Waals surface area contributed by atoms with Crippen LogP contribution >= 0.6 is 0 Å². The molecule has 1 N–H and O–H groups in total. The molecule has 0 radical (unpaired) electrons. The third kappa shape index (κ3) is 5.33. The maximum atomic E-state index is 13.1. The summed E-state index contributed by atoms with van der Waals surface area (Å²) in [5, 5.41) is 3.38. The molecule has 1 aliphatic rings. The molecule has 5 nitrogen and oxygen atoms in total.